The average Bonchev–Trinajstić information content (AvgIpc) is 3.13. The van der Waals surface area contributed by atoms with Crippen LogP contribution in [0.25, 0.3) is 0 Å². The molecular weight excluding hydrogens is 354 g/mol. The largest absolute Gasteiger partial charge is 0.393 e. The number of aliphatic hydroxyl groups excluding tert-OH is 1. The maximum Gasteiger partial charge on any atom is 0.224 e. The maximum absolute atomic E-state index is 10.1. The van der Waals surface area contributed by atoms with Gasteiger partial charge >= 0.3 is 0 Å². The van der Waals surface area contributed by atoms with E-state index >= 15 is 0 Å². The second-order valence-electron chi connectivity index (χ2n) is 7.76. The minimum Gasteiger partial charge on any atom is -0.393 e. The molecule has 1 aliphatic rings. The Kier molecular flexibility index (Phi) is 5.81. The van der Waals surface area contributed by atoms with Gasteiger partial charge < -0.3 is 15.7 Å². The Balaban J connectivity index is 1.63. The highest BCUT2D eigenvalue weighted by Gasteiger charge is 2.35. The van der Waals surface area contributed by atoms with Crippen LogP contribution < -0.4 is 10.6 Å². The predicted octanol–water partition coefficient (Wildman–Crippen LogP) is 1.99. The zero-order valence-corrected chi connectivity index (χ0v) is 16.2. The fourth-order valence-corrected chi connectivity index (χ4v) is 3.44. The molecule has 8 nitrogen and oxygen atoms in total. The molecule has 2 atom stereocenters. The first-order valence-corrected chi connectivity index (χ1v) is 9.36. The number of nitriles is 1. The van der Waals surface area contributed by atoms with Crippen LogP contribution in [0.5, 0.6) is 0 Å². The van der Waals surface area contributed by atoms with Crippen LogP contribution in [0.2, 0.25) is 0 Å². The number of hydrogen-bond donors (Lipinski definition) is 3. The van der Waals surface area contributed by atoms with E-state index in [2.05, 4.69) is 51.5 Å². The van der Waals surface area contributed by atoms with Crippen molar-refractivity contribution in [2.75, 3.05) is 17.2 Å². The molecule has 3 rings (SSSR count). The summed E-state index contributed by atoms with van der Waals surface area (Å²) in [5.41, 5.74) is 0.972. The van der Waals surface area contributed by atoms with Crippen molar-refractivity contribution in [3.63, 3.8) is 0 Å². The van der Waals surface area contributed by atoms with Crippen LogP contribution in [-0.2, 0) is 6.54 Å². The van der Waals surface area contributed by atoms with Gasteiger partial charge in [0.15, 0.2) is 0 Å². The number of hydrogen-bond acceptors (Lipinski definition) is 7. The summed E-state index contributed by atoms with van der Waals surface area (Å²) in [5, 5.41) is 30.2. The molecule has 0 saturated heterocycles. The first-order valence-electron chi connectivity index (χ1n) is 9.36. The molecule has 1 fully saturated rings. The summed E-state index contributed by atoms with van der Waals surface area (Å²) >= 11 is 0. The summed E-state index contributed by atoms with van der Waals surface area (Å²) in [6.45, 7) is 5.30. The maximum atomic E-state index is 10.1. The van der Waals surface area contributed by atoms with Gasteiger partial charge in [0.2, 0.25) is 5.95 Å². The molecule has 0 radical (unpaired) electrons. The second kappa shape index (κ2) is 8.28. The zero-order chi connectivity index (χ0) is 20.1. The molecule has 2 heterocycles. The van der Waals surface area contributed by atoms with Gasteiger partial charge in [0.05, 0.1) is 30.6 Å². The van der Waals surface area contributed by atoms with E-state index in [1.54, 1.807) is 17.1 Å². The molecule has 0 amide bonds. The number of nitrogens with one attached hydrogen (secondary N) is 2. The van der Waals surface area contributed by atoms with Gasteiger partial charge in [-0.3, -0.25) is 4.68 Å². The van der Waals surface area contributed by atoms with Crippen molar-refractivity contribution in [3.8, 4) is 18.4 Å². The Hall–Kier alpha value is -3.10. The Morgan fingerprint density at radius 3 is 2.89 bits per heavy atom. The van der Waals surface area contributed by atoms with E-state index < -0.39 is 0 Å². The van der Waals surface area contributed by atoms with Crippen molar-refractivity contribution in [3.05, 3.63) is 29.7 Å². The molecule has 2 aromatic heterocycles. The fraction of sp³-hybridized carbons (Fsp3) is 0.500. The molecule has 1 saturated carbocycles. The van der Waals surface area contributed by atoms with Gasteiger partial charge in [-0.25, -0.2) is 4.98 Å². The summed E-state index contributed by atoms with van der Waals surface area (Å²) in [6, 6.07) is 2.29. The molecule has 8 heteroatoms. The normalized spacial score (nSPS) is 20.8. The molecule has 0 unspecified atom stereocenters. The third kappa shape index (κ3) is 4.59. The number of aromatic nitrogens is 4. The second-order valence-corrected chi connectivity index (χ2v) is 7.76. The quantitative estimate of drug-likeness (QED) is 0.658. The van der Waals surface area contributed by atoms with Crippen molar-refractivity contribution in [2.45, 2.75) is 51.8 Å². The van der Waals surface area contributed by atoms with E-state index in [-0.39, 0.29) is 17.6 Å². The van der Waals surface area contributed by atoms with Gasteiger partial charge in [0, 0.05) is 18.8 Å². The van der Waals surface area contributed by atoms with Crippen molar-refractivity contribution in [1.29, 1.82) is 5.26 Å². The number of anilines is 2. The van der Waals surface area contributed by atoms with Crippen molar-refractivity contribution in [1.82, 2.24) is 19.7 Å². The smallest absolute Gasteiger partial charge is 0.224 e. The molecule has 28 heavy (non-hydrogen) atoms. The van der Waals surface area contributed by atoms with Crippen LogP contribution in [0.3, 0.4) is 0 Å². The highest BCUT2D eigenvalue weighted by molar-refractivity contribution is 5.54. The summed E-state index contributed by atoms with van der Waals surface area (Å²) in [5.74, 6) is 3.50. The standard InChI is InChI=1S/C20H25N7O/c1-4-14-11-24-27(13-14)8-7-22-19-23-12-15(10-21)18(26-19)25-16-5-6-17(28)20(2,3)9-16/h1,11-13,16-17,28H,5-9H2,2-3H3,(H2,22,23,25,26)/t16-,17+/m1/s1. The van der Waals surface area contributed by atoms with Crippen LogP contribution in [0.15, 0.2) is 18.6 Å². The molecule has 2 aromatic rings. The summed E-state index contributed by atoms with van der Waals surface area (Å²) in [4.78, 5) is 8.69. The summed E-state index contributed by atoms with van der Waals surface area (Å²) in [7, 11) is 0. The monoisotopic (exact) mass is 379 g/mol. The van der Waals surface area contributed by atoms with Crippen LogP contribution in [0.1, 0.15) is 44.2 Å². The highest BCUT2D eigenvalue weighted by atomic mass is 16.3. The van der Waals surface area contributed by atoms with Crippen LogP contribution in [0.4, 0.5) is 11.8 Å². The van der Waals surface area contributed by atoms with Gasteiger partial charge in [-0.05, 0) is 24.7 Å². The first kappa shape index (κ1) is 19.7. The molecule has 146 valence electrons. The molecule has 0 aliphatic heterocycles. The molecule has 0 aromatic carbocycles. The molecule has 0 spiro atoms. The van der Waals surface area contributed by atoms with Gasteiger partial charge in [0.25, 0.3) is 0 Å². The third-order valence-corrected chi connectivity index (χ3v) is 5.14. The van der Waals surface area contributed by atoms with E-state index in [1.807, 2.05) is 0 Å². The minimum absolute atomic E-state index is 0.152. The molecule has 0 bridgehead atoms. The minimum atomic E-state index is -0.305. The lowest BCUT2D eigenvalue weighted by molar-refractivity contribution is 0.00926. The van der Waals surface area contributed by atoms with E-state index in [0.717, 1.165) is 24.8 Å². The van der Waals surface area contributed by atoms with Crippen LogP contribution in [-0.4, -0.2) is 43.5 Å². The number of aliphatic hydroxyl groups is 1. The van der Waals surface area contributed by atoms with E-state index in [4.69, 9.17) is 6.42 Å². The lowest BCUT2D eigenvalue weighted by Crippen LogP contribution is -2.41. The van der Waals surface area contributed by atoms with Crippen LogP contribution >= 0.6 is 0 Å². The number of rotatable bonds is 6. The highest BCUT2D eigenvalue weighted by Crippen LogP contribution is 2.36. The molecule has 1 aliphatic carbocycles. The Labute approximate surface area is 165 Å². The van der Waals surface area contributed by atoms with Crippen molar-refractivity contribution in [2.24, 2.45) is 5.41 Å². The topological polar surface area (TPSA) is 112 Å². The summed E-state index contributed by atoms with van der Waals surface area (Å²) < 4.78 is 1.75. The predicted molar refractivity (Wildman–Crippen MR) is 106 cm³/mol. The third-order valence-electron chi connectivity index (χ3n) is 5.14. The summed E-state index contributed by atoms with van der Waals surface area (Å²) in [6.07, 6.45) is 12.4. The van der Waals surface area contributed by atoms with Crippen molar-refractivity contribution < 1.29 is 5.11 Å². The van der Waals surface area contributed by atoms with Gasteiger partial charge in [-0.2, -0.15) is 15.3 Å². The van der Waals surface area contributed by atoms with E-state index in [1.165, 1.54) is 6.20 Å². The first-order chi connectivity index (χ1) is 13.4. The average molecular weight is 379 g/mol. The van der Waals surface area contributed by atoms with E-state index in [0.29, 0.717) is 30.4 Å². The number of nitrogens with zero attached hydrogens (tertiary/aromatic N) is 5. The number of terminal acetylenes is 1. The van der Waals surface area contributed by atoms with Gasteiger partial charge in [-0.15, -0.1) is 6.42 Å². The lowest BCUT2D eigenvalue weighted by Gasteiger charge is -2.40. The molecular formula is C20H25N7O. The Morgan fingerprint density at radius 2 is 2.21 bits per heavy atom. The molecule has 3 N–H and O–H groups in total. The lowest BCUT2D eigenvalue weighted by atomic mass is 9.73. The van der Waals surface area contributed by atoms with Gasteiger partial charge in [-0.1, -0.05) is 19.8 Å². The fourth-order valence-electron chi connectivity index (χ4n) is 3.44. The van der Waals surface area contributed by atoms with Crippen molar-refractivity contribution >= 4 is 11.8 Å². The zero-order valence-electron chi connectivity index (χ0n) is 16.2. The van der Waals surface area contributed by atoms with E-state index in [9.17, 15) is 10.4 Å². The Bertz CT molecular complexity index is 906. The van der Waals surface area contributed by atoms with Gasteiger partial charge in [0.1, 0.15) is 17.5 Å². The Morgan fingerprint density at radius 1 is 1.39 bits per heavy atom. The SMILES string of the molecule is C#Cc1cnn(CCNc2ncc(C#N)c(N[C@@H]3CC[C@H](O)C(C)(C)C3)n2)c1. The van der Waals surface area contributed by atoms with Crippen LogP contribution in [0, 0.1) is 29.1 Å².